The lowest BCUT2D eigenvalue weighted by Gasteiger charge is -2.08. The first-order valence-corrected chi connectivity index (χ1v) is 6.45. The maximum absolute atomic E-state index is 3.43. The first kappa shape index (κ1) is 12.2. The molecule has 92 valence electrons. The van der Waals surface area contributed by atoms with Gasteiger partial charge in [0.25, 0.3) is 0 Å². The van der Waals surface area contributed by atoms with Gasteiger partial charge in [-0.1, -0.05) is 25.1 Å². The molecule has 0 aliphatic heterocycles. The molecule has 0 spiro atoms. The third kappa shape index (κ3) is 2.70. The summed E-state index contributed by atoms with van der Waals surface area (Å²) < 4.78 is 0. The fourth-order valence-corrected chi connectivity index (χ4v) is 2.36. The van der Waals surface area contributed by atoms with Crippen LogP contribution in [-0.4, -0.2) is 30.5 Å². The molecule has 0 atom stereocenters. The number of hydrogen-bond donors (Lipinski definition) is 1. The highest BCUT2D eigenvalue weighted by Gasteiger charge is 2.06. The van der Waals surface area contributed by atoms with E-state index in [0.717, 1.165) is 19.4 Å². The van der Waals surface area contributed by atoms with Crippen LogP contribution in [-0.2, 0) is 12.8 Å². The summed E-state index contributed by atoms with van der Waals surface area (Å²) in [5.41, 5.74) is 4.20. The quantitative estimate of drug-likeness (QED) is 0.835. The van der Waals surface area contributed by atoms with Crippen molar-refractivity contribution in [1.82, 2.24) is 9.88 Å². The molecule has 0 bridgehead atoms. The molecular weight excluding hydrogens is 208 g/mol. The number of para-hydroxylation sites is 1. The molecule has 0 aliphatic rings. The van der Waals surface area contributed by atoms with Crippen LogP contribution in [0.1, 0.15) is 24.5 Å². The highest BCUT2D eigenvalue weighted by Crippen LogP contribution is 2.23. The predicted octanol–water partition coefficient (Wildman–Crippen LogP) is 3.22. The molecule has 2 rings (SSSR count). The molecule has 1 N–H and O–H groups in total. The summed E-state index contributed by atoms with van der Waals surface area (Å²) >= 11 is 0. The van der Waals surface area contributed by atoms with Gasteiger partial charge in [0, 0.05) is 17.1 Å². The topological polar surface area (TPSA) is 19.0 Å². The molecule has 2 aromatic rings. The van der Waals surface area contributed by atoms with Crippen LogP contribution in [0.5, 0.6) is 0 Å². The van der Waals surface area contributed by atoms with Crippen molar-refractivity contribution in [3.05, 3.63) is 35.5 Å². The van der Waals surface area contributed by atoms with Crippen molar-refractivity contribution in [2.24, 2.45) is 0 Å². The van der Waals surface area contributed by atoms with Gasteiger partial charge in [0.05, 0.1) is 0 Å². The summed E-state index contributed by atoms with van der Waals surface area (Å²) in [5, 5.41) is 1.41. The molecule has 0 unspecified atom stereocenters. The van der Waals surface area contributed by atoms with Gasteiger partial charge in [-0.15, -0.1) is 0 Å². The summed E-state index contributed by atoms with van der Waals surface area (Å²) in [6.45, 7) is 3.36. The Morgan fingerprint density at radius 1 is 1.18 bits per heavy atom. The van der Waals surface area contributed by atoms with E-state index in [4.69, 9.17) is 0 Å². The normalized spacial score (nSPS) is 11.5. The number of nitrogens with zero attached hydrogens (tertiary/aromatic N) is 1. The second-order valence-electron chi connectivity index (χ2n) is 4.91. The third-order valence-corrected chi connectivity index (χ3v) is 3.32. The second kappa shape index (κ2) is 5.37. The van der Waals surface area contributed by atoms with E-state index in [-0.39, 0.29) is 0 Å². The maximum atomic E-state index is 3.43. The van der Waals surface area contributed by atoms with E-state index >= 15 is 0 Å². The fourth-order valence-electron chi connectivity index (χ4n) is 2.36. The largest absolute Gasteiger partial charge is 0.361 e. The standard InChI is InChI=1S/C15H22N2/c1-4-12-7-5-9-14-13(11-16-15(12)14)8-6-10-17(2)3/h5,7,9,11,16H,4,6,8,10H2,1-3H3. The van der Waals surface area contributed by atoms with Gasteiger partial charge in [-0.3, -0.25) is 0 Å². The Hall–Kier alpha value is -1.28. The molecule has 1 aromatic heterocycles. The van der Waals surface area contributed by atoms with Crippen molar-refractivity contribution < 1.29 is 0 Å². The van der Waals surface area contributed by atoms with Crippen molar-refractivity contribution in [1.29, 1.82) is 0 Å². The summed E-state index contributed by atoms with van der Waals surface area (Å²) in [4.78, 5) is 5.67. The molecule has 0 saturated carbocycles. The molecule has 1 heterocycles. The zero-order valence-electron chi connectivity index (χ0n) is 11.1. The van der Waals surface area contributed by atoms with Gasteiger partial charge in [-0.2, -0.15) is 0 Å². The van der Waals surface area contributed by atoms with Crippen LogP contribution in [0, 0.1) is 0 Å². The lowest BCUT2D eigenvalue weighted by atomic mass is 10.0. The van der Waals surface area contributed by atoms with Crippen molar-refractivity contribution >= 4 is 10.9 Å². The Labute approximate surface area is 104 Å². The average molecular weight is 230 g/mol. The Morgan fingerprint density at radius 3 is 2.71 bits per heavy atom. The molecule has 2 nitrogen and oxygen atoms in total. The van der Waals surface area contributed by atoms with E-state index < -0.39 is 0 Å². The van der Waals surface area contributed by atoms with Crippen LogP contribution in [0.4, 0.5) is 0 Å². The van der Waals surface area contributed by atoms with Gasteiger partial charge in [-0.25, -0.2) is 0 Å². The number of hydrogen-bond acceptors (Lipinski definition) is 1. The second-order valence-corrected chi connectivity index (χ2v) is 4.91. The Balaban J connectivity index is 2.18. The van der Waals surface area contributed by atoms with Crippen LogP contribution in [0.25, 0.3) is 10.9 Å². The minimum absolute atomic E-state index is 1.09. The van der Waals surface area contributed by atoms with E-state index in [0.29, 0.717) is 0 Å². The van der Waals surface area contributed by atoms with Crippen LogP contribution in [0.3, 0.4) is 0 Å². The number of fused-ring (bicyclic) bond motifs is 1. The molecule has 1 aromatic carbocycles. The first-order valence-electron chi connectivity index (χ1n) is 6.45. The Kier molecular flexibility index (Phi) is 3.85. The van der Waals surface area contributed by atoms with E-state index in [1.165, 1.54) is 28.5 Å². The number of nitrogens with one attached hydrogen (secondary N) is 1. The van der Waals surface area contributed by atoms with E-state index in [2.05, 4.69) is 55.3 Å². The highest BCUT2D eigenvalue weighted by molar-refractivity contribution is 5.86. The van der Waals surface area contributed by atoms with Crippen LogP contribution < -0.4 is 0 Å². The van der Waals surface area contributed by atoms with E-state index in [1.807, 2.05) is 0 Å². The Bertz CT molecular complexity index is 483. The van der Waals surface area contributed by atoms with Crippen molar-refractivity contribution in [3.63, 3.8) is 0 Å². The summed E-state index contributed by atoms with van der Waals surface area (Å²) in [7, 11) is 4.26. The van der Waals surface area contributed by atoms with Crippen molar-refractivity contribution in [2.75, 3.05) is 20.6 Å². The van der Waals surface area contributed by atoms with E-state index in [9.17, 15) is 0 Å². The zero-order valence-corrected chi connectivity index (χ0v) is 11.1. The smallest absolute Gasteiger partial charge is 0.0489 e. The predicted molar refractivity (Wildman–Crippen MR) is 74.6 cm³/mol. The lowest BCUT2D eigenvalue weighted by molar-refractivity contribution is 0.400. The molecule has 0 radical (unpaired) electrons. The van der Waals surface area contributed by atoms with E-state index in [1.54, 1.807) is 0 Å². The van der Waals surface area contributed by atoms with Gasteiger partial charge in [0.2, 0.25) is 0 Å². The van der Waals surface area contributed by atoms with Gasteiger partial charge in [0.1, 0.15) is 0 Å². The van der Waals surface area contributed by atoms with Gasteiger partial charge in [-0.05, 0) is 51.0 Å². The van der Waals surface area contributed by atoms with Crippen molar-refractivity contribution in [2.45, 2.75) is 26.2 Å². The van der Waals surface area contributed by atoms with Crippen LogP contribution in [0.2, 0.25) is 0 Å². The maximum Gasteiger partial charge on any atom is 0.0489 e. The summed E-state index contributed by atoms with van der Waals surface area (Å²) in [6, 6.07) is 6.61. The average Bonchev–Trinajstić information content (AvgIpc) is 2.72. The molecule has 0 amide bonds. The minimum Gasteiger partial charge on any atom is -0.361 e. The number of benzene rings is 1. The Morgan fingerprint density at radius 2 is 2.00 bits per heavy atom. The fraction of sp³-hybridized carbons (Fsp3) is 0.467. The zero-order chi connectivity index (χ0) is 12.3. The lowest BCUT2D eigenvalue weighted by Crippen LogP contribution is -2.13. The highest BCUT2D eigenvalue weighted by atomic mass is 15.0. The van der Waals surface area contributed by atoms with Crippen LogP contribution >= 0.6 is 0 Å². The minimum atomic E-state index is 1.09. The summed E-state index contributed by atoms with van der Waals surface area (Å²) in [5.74, 6) is 0. The molecule has 0 fully saturated rings. The van der Waals surface area contributed by atoms with Crippen molar-refractivity contribution in [3.8, 4) is 0 Å². The number of aromatic nitrogens is 1. The third-order valence-electron chi connectivity index (χ3n) is 3.32. The number of rotatable bonds is 5. The molecule has 0 saturated heterocycles. The SMILES string of the molecule is CCc1cccc2c(CCCN(C)C)c[nH]c12. The van der Waals surface area contributed by atoms with Gasteiger partial charge in [0.15, 0.2) is 0 Å². The monoisotopic (exact) mass is 230 g/mol. The number of aromatic amines is 1. The number of H-pyrrole nitrogens is 1. The molecule has 2 heteroatoms. The van der Waals surface area contributed by atoms with Gasteiger partial charge < -0.3 is 9.88 Å². The number of aryl methyl sites for hydroxylation is 2. The molecular formula is C15H22N2. The van der Waals surface area contributed by atoms with Crippen LogP contribution in [0.15, 0.2) is 24.4 Å². The summed E-state index contributed by atoms with van der Waals surface area (Å²) in [6.07, 6.45) is 5.65. The molecule has 0 aliphatic carbocycles. The van der Waals surface area contributed by atoms with Gasteiger partial charge >= 0.3 is 0 Å². The first-order chi connectivity index (χ1) is 8.22. The molecule has 17 heavy (non-hydrogen) atoms.